The van der Waals surface area contributed by atoms with Crippen LogP contribution < -0.4 is 0 Å². The normalized spacial score (nSPS) is 39.6. The average Bonchev–Trinajstić information content (AvgIpc) is 2.40. The molecule has 0 aromatic heterocycles. The van der Waals surface area contributed by atoms with E-state index >= 15 is 0 Å². The van der Waals surface area contributed by atoms with Crippen LogP contribution in [-0.4, -0.2) is 13.1 Å². The van der Waals surface area contributed by atoms with E-state index < -0.39 is 0 Å². The van der Waals surface area contributed by atoms with Gasteiger partial charge in [-0.15, -0.1) is 0 Å². The van der Waals surface area contributed by atoms with E-state index in [-0.39, 0.29) is 11.9 Å². The van der Waals surface area contributed by atoms with Crippen molar-refractivity contribution in [2.45, 2.75) is 32.1 Å². The Kier molecular flexibility index (Phi) is 2.07. The topological polar surface area (TPSA) is 26.3 Å². The van der Waals surface area contributed by atoms with Crippen LogP contribution in [-0.2, 0) is 9.53 Å². The van der Waals surface area contributed by atoms with Crippen LogP contribution in [0, 0.1) is 17.8 Å². The van der Waals surface area contributed by atoms with Crippen molar-refractivity contribution in [3.63, 3.8) is 0 Å². The van der Waals surface area contributed by atoms with Crippen LogP contribution in [0.2, 0.25) is 0 Å². The van der Waals surface area contributed by atoms with E-state index in [4.69, 9.17) is 4.74 Å². The summed E-state index contributed by atoms with van der Waals surface area (Å²) in [5.74, 6) is 1.75. The molecule has 2 aliphatic carbocycles. The molecule has 2 nitrogen and oxygen atoms in total. The lowest BCUT2D eigenvalue weighted by molar-refractivity contribution is -0.146. The number of methoxy groups -OCH3 is 1. The fraction of sp³-hybridized carbons (Fsp3) is 0.900. The minimum Gasteiger partial charge on any atom is -0.469 e. The molecule has 2 saturated carbocycles. The number of carbonyl (C=O) groups is 1. The van der Waals surface area contributed by atoms with Crippen LogP contribution in [0.3, 0.4) is 0 Å². The summed E-state index contributed by atoms with van der Waals surface area (Å²) in [6.07, 6.45) is 6.28. The number of fused-ring (bicyclic) bond motifs is 2. The summed E-state index contributed by atoms with van der Waals surface area (Å²) in [4.78, 5) is 11.3. The van der Waals surface area contributed by atoms with Gasteiger partial charge in [-0.2, -0.15) is 0 Å². The zero-order chi connectivity index (χ0) is 8.55. The Morgan fingerprint density at radius 3 is 2.83 bits per heavy atom. The smallest absolute Gasteiger partial charge is 0.308 e. The van der Waals surface area contributed by atoms with E-state index in [9.17, 15) is 4.79 Å². The van der Waals surface area contributed by atoms with Gasteiger partial charge in [0.1, 0.15) is 0 Å². The highest BCUT2D eigenvalue weighted by molar-refractivity contribution is 5.73. The summed E-state index contributed by atoms with van der Waals surface area (Å²) in [5.41, 5.74) is 0. The highest BCUT2D eigenvalue weighted by Crippen LogP contribution is 2.46. The number of ether oxygens (including phenoxy) is 1. The Morgan fingerprint density at radius 2 is 2.17 bits per heavy atom. The molecule has 0 N–H and O–H groups in total. The predicted octanol–water partition coefficient (Wildman–Crippen LogP) is 1.99. The SMILES string of the molecule is COC(=O)[C@@H]1CC2CCCC1C2. The minimum atomic E-state index is 0.0319. The molecule has 0 amide bonds. The highest BCUT2D eigenvalue weighted by Gasteiger charge is 2.41. The molecule has 2 rings (SSSR count). The fourth-order valence-corrected chi connectivity index (χ4v) is 2.90. The molecule has 12 heavy (non-hydrogen) atoms. The van der Waals surface area contributed by atoms with E-state index in [2.05, 4.69) is 0 Å². The van der Waals surface area contributed by atoms with Gasteiger partial charge < -0.3 is 4.74 Å². The van der Waals surface area contributed by atoms with E-state index in [0.29, 0.717) is 5.92 Å². The summed E-state index contributed by atoms with van der Waals surface area (Å²) in [7, 11) is 1.50. The standard InChI is InChI=1S/C10H16O2/c1-12-10(11)9-6-7-3-2-4-8(9)5-7/h7-9H,2-6H2,1H3/t7?,8?,9-/m1/s1. The van der Waals surface area contributed by atoms with Crippen LogP contribution in [0.4, 0.5) is 0 Å². The van der Waals surface area contributed by atoms with Crippen LogP contribution in [0.15, 0.2) is 0 Å². The van der Waals surface area contributed by atoms with Gasteiger partial charge in [-0.25, -0.2) is 0 Å². The maximum Gasteiger partial charge on any atom is 0.308 e. The summed E-state index contributed by atoms with van der Waals surface area (Å²) in [6, 6.07) is 0. The maximum absolute atomic E-state index is 11.3. The number of hydrogen-bond acceptors (Lipinski definition) is 2. The van der Waals surface area contributed by atoms with Gasteiger partial charge in [-0.3, -0.25) is 4.79 Å². The zero-order valence-corrected chi connectivity index (χ0v) is 7.58. The Morgan fingerprint density at radius 1 is 1.33 bits per heavy atom. The lowest BCUT2D eigenvalue weighted by Crippen LogP contribution is -2.19. The average molecular weight is 168 g/mol. The second-order valence-electron chi connectivity index (χ2n) is 4.16. The van der Waals surface area contributed by atoms with Crippen molar-refractivity contribution in [1.82, 2.24) is 0 Å². The van der Waals surface area contributed by atoms with E-state index in [1.807, 2.05) is 0 Å². The quantitative estimate of drug-likeness (QED) is 0.560. The fourth-order valence-electron chi connectivity index (χ4n) is 2.90. The first-order valence-corrected chi connectivity index (χ1v) is 4.89. The first-order chi connectivity index (χ1) is 5.81. The molecule has 68 valence electrons. The molecule has 3 atom stereocenters. The maximum atomic E-state index is 11.3. The molecule has 2 aliphatic rings. The molecule has 0 heterocycles. The first-order valence-electron chi connectivity index (χ1n) is 4.89. The predicted molar refractivity (Wildman–Crippen MR) is 45.6 cm³/mol. The Labute approximate surface area is 73.3 Å². The third-order valence-corrected chi connectivity index (χ3v) is 3.48. The zero-order valence-electron chi connectivity index (χ0n) is 7.58. The molecule has 2 unspecified atom stereocenters. The molecule has 2 bridgehead atoms. The molecule has 0 aromatic carbocycles. The lowest BCUT2D eigenvalue weighted by Gasteiger charge is -2.19. The molecule has 2 heteroatoms. The van der Waals surface area contributed by atoms with Gasteiger partial charge in [0.15, 0.2) is 0 Å². The molecule has 0 radical (unpaired) electrons. The largest absolute Gasteiger partial charge is 0.469 e. The Bertz CT molecular complexity index is 188. The third-order valence-electron chi connectivity index (χ3n) is 3.48. The van der Waals surface area contributed by atoms with Gasteiger partial charge >= 0.3 is 5.97 Å². The third kappa shape index (κ3) is 1.23. The molecule has 0 aliphatic heterocycles. The number of hydrogen-bond donors (Lipinski definition) is 0. The summed E-state index contributed by atoms with van der Waals surface area (Å²) >= 11 is 0. The van der Waals surface area contributed by atoms with E-state index in [1.165, 1.54) is 32.8 Å². The lowest BCUT2D eigenvalue weighted by atomic mass is 9.87. The van der Waals surface area contributed by atoms with E-state index in [0.717, 1.165) is 12.3 Å². The van der Waals surface area contributed by atoms with Crippen molar-refractivity contribution >= 4 is 5.97 Å². The second kappa shape index (κ2) is 3.08. The number of rotatable bonds is 1. The number of carbonyl (C=O) groups excluding carboxylic acids is 1. The van der Waals surface area contributed by atoms with Crippen molar-refractivity contribution in [3.05, 3.63) is 0 Å². The summed E-state index contributed by atoms with van der Waals surface area (Å²) in [5, 5.41) is 0. The van der Waals surface area contributed by atoms with Gasteiger partial charge in [0.05, 0.1) is 13.0 Å². The van der Waals surface area contributed by atoms with Gasteiger partial charge in [-0.1, -0.05) is 12.8 Å². The van der Waals surface area contributed by atoms with Crippen LogP contribution in [0.5, 0.6) is 0 Å². The Hall–Kier alpha value is -0.530. The summed E-state index contributed by atoms with van der Waals surface area (Å²) in [6.45, 7) is 0. The summed E-state index contributed by atoms with van der Waals surface area (Å²) < 4.78 is 4.80. The molecule has 2 fully saturated rings. The van der Waals surface area contributed by atoms with E-state index in [1.54, 1.807) is 0 Å². The van der Waals surface area contributed by atoms with Crippen molar-refractivity contribution in [1.29, 1.82) is 0 Å². The monoisotopic (exact) mass is 168 g/mol. The molecule has 0 spiro atoms. The van der Waals surface area contributed by atoms with Gasteiger partial charge in [0.2, 0.25) is 0 Å². The second-order valence-corrected chi connectivity index (χ2v) is 4.16. The van der Waals surface area contributed by atoms with Crippen molar-refractivity contribution in [2.75, 3.05) is 7.11 Å². The van der Waals surface area contributed by atoms with Crippen molar-refractivity contribution < 1.29 is 9.53 Å². The molecular formula is C10H16O2. The number of esters is 1. The molecular weight excluding hydrogens is 152 g/mol. The highest BCUT2D eigenvalue weighted by atomic mass is 16.5. The first kappa shape index (κ1) is 8.09. The van der Waals surface area contributed by atoms with Gasteiger partial charge in [-0.05, 0) is 31.1 Å². The van der Waals surface area contributed by atoms with Gasteiger partial charge in [0.25, 0.3) is 0 Å². The van der Waals surface area contributed by atoms with Gasteiger partial charge in [0, 0.05) is 0 Å². The Balaban J connectivity index is 2.04. The van der Waals surface area contributed by atoms with Crippen LogP contribution >= 0.6 is 0 Å². The molecule has 0 saturated heterocycles. The van der Waals surface area contributed by atoms with Crippen LogP contribution in [0.1, 0.15) is 32.1 Å². The van der Waals surface area contributed by atoms with Crippen LogP contribution in [0.25, 0.3) is 0 Å². The van der Waals surface area contributed by atoms with Crippen molar-refractivity contribution in [2.24, 2.45) is 17.8 Å². The van der Waals surface area contributed by atoms with Crippen molar-refractivity contribution in [3.8, 4) is 0 Å². The minimum absolute atomic E-state index is 0.0319. The molecule has 0 aromatic rings.